The summed E-state index contributed by atoms with van der Waals surface area (Å²) in [5.74, 6) is 0.516. The van der Waals surface area contributed by atoms with Gasteiger partial charge in [-0.2, -0.15) is 0 Å². The molecule has 0 radical (unpaired) electrons. The normalized spacial score (nSPS) is 28.7. The zero-order valence-electron chi connectivity index (χ0n) is 9.92. The molecule has 2 atom stereocenters. The first-order chi connectivity index (χ1) is 6.38. The molecule has 0 saturated carbocycles. The van der Waals surface area contributed by atoms with Crippen LogP contribution in [0.2, 0.25) is 0 Å². The predicted molar refractivity (Wildman–Crippen MR) is 59.2 cm³/mol. The quantitative estimate of drug-likeness (QED) is 0.737. The fourth-order valence-corrected chi connectivity index (χ4v) is 2.08. The van der Waals surface area contributed by atoms with Crippen LogP contribution in [0.25, 0.3) is 0 Å². The monoisotopic (exact) mass is 200 g/mol. The lowest BCUT2D eigenvalue weighted by Gasteiger charge is -2.29. The van der Waals surface area contributed by atoms with E-state index in [2.05, 4.69) is 32.7 Å². The third-order valence-electron chi connectivity index (χ3n) is 2.54. The summed E-state index contributed by atoms with van der Waals surface area (Å²) in [6.45, 7) is 10.5. The van der Waals surface area contributed by atoms with Crippen molar-refractivity contribution in [2.45, 2.75) is 26.8 Å². The molecule has 2 unspecified atom stereocenters. The number of nitrogens with zero attached hydrogens (tertiary/aromatic N) is 1. The molecule has 0 aromatic heterocycles. The minimum Gasteiger partial charge on any atom is -0.379 e. The molecule has 14 heavy (non-hydrogen) atoms. The maximum absolute atomic E-state index is 5.94. The molecule has 0 aliphatic carbocycles. The Balaban J connectivity index is 2.29. The van der Waals surface area contributed by atoms with Gasteiger partial charge >= 0.3 is 0 Å². The van der Waals surface area contributed by atoms with Crippen molar-refractivity contribution >= 4 is 0 Å². The molecule has 0 bridgehead atoms. The topological polar surface area (TPSA) is 38.5 Å². The summed E-state index contributed by atoms with van der Waals surface area (Å²) in [6, 6.07) is 0.234. The third-order valence-corrected chi connectivity index (χ3v) is 2.54. The minimum absolute atomic E-state index is 0.234. The Morgan fingerprint density at radius 2 is 2.00 bits per heavy atom. The van der Waals surface area contributed by atoms with Crippen LogP contribution in [-0.2, 0) is 4.74 Å². The standard InChI is InChI=1S/C11H24N2O/c1-11(2,3)8-13(4)5-9-6-14-7-10(9)12/h9-10H,5-8,12H2,1-4H3. The third kappa shape index (κ3) is 3.95. The van der Waals surface area contributed by atoms with Crippen molar-refractivity contribution in [3.63, 3.8) is 0 Å². The average molecular weight is 200 g/mol. The van der Waals surface area contributed by atoms with Gasteiger partial charge in [0.05, 0.1) is 13.2 Å². The van der Waals surface area contributed by atoms with Crippen molar-refractivity contribution in [3.05, 3.63) is 0 Å². The van der Waals surface area contributed by atoms with Gasteiger partial charge in [0.15, 0.2) is 0 Å². The predicted octanol–water partition coefficient (Wildman–Crippen LogP) is 0.938. The molecule has 1 fully saturated rings. The summed E-state index contributed by atoms with van der Waals surface area (Å²) in [5, 5.41) is 0. The van der Waals surface area contributed by atoms with Crippen LogP contribution in [0.3, 0.4) is 0 Å². The zero-order valence-corrected chi connectivity index (χ0v) is 9.92. The van der Waals surface area contributed by atoms with Gasteiger partial charge < -0.3 is 15.4 Å². The summed E-state index contributed by atoms with van der Waals surface area (Å²) in [7, 11) is 2.16. The van der Waals surface area contributed by atoms with E-state index in [1.54, 1.807) is 0 Å². The molecular formula is C11H24N2O. The van der Waals surface area contributed by atoms with E-state index < -0.39 is 0 Å². The molecule has 2 N–H and O–H groups in total. The van der Waals surface area contributed by atoms with E-state index in [1.807, 2.05) is 0 Å². The van der Waals surface area contributed by atoms with Crippen molar-refractivity contribution in [2.75, 3.05) is 33.4 Å². The highest BCUT2D eigenvalue weighted by molar-refractivity contribution is 4.81. The second-order valence-corrected chi connectivity index (χ2v) is 5.72. The van der Waals surface area contributed by atoms with E-state index in [1.165, 1.54) is 0 Å². The fraction of sp³-hybridized carbons (Fsp3) is 1.00. The number of nitrogens with two attached hydrogens (primary N) is 1. The molecule has 1 heterocycles. The summed E-state index contributed by atoms with van der Waals surface area (Å²) in [4.78, 5) is 2.36. The first-order valence-electron chi connectivity index (χ1n) is 5.40. The van der Waals surface area contributed by atoms with Crippen molar-refractivity contribution in [1.29, 1.82) is 0 Å². The van der Waals surface area contributed by atoms with Crippen LogP contribution >= 0.6 is 0 Å². The molecule has 0 aromatic rings. The highest BCUT2D eigenvalue weighted by atomic mass is 16.5. The molecule has 0 aromatic carbocycles. The SMILES string of the molecule is CN(CC1COCC1N)CC(C)(C)C. The van der Waals surface area contributed by atoms with Crippen LogP contribution < -0.4 is 5.73 Å². The summed E-state index contributed by atoms with van der Waals surface area (Å²) in [5.41, 5.74) is 6.30. The van der Waals surface area contributed by atoms with Gasteiger partial charge in [0.25, 0.3) is 0 Å². The molecular weight excluding hydrogens is 176 g/mol. The van der Waals surface area contributed by atoms with Crippen LogP contribution in [0.1, 0.15) is 20.8 Å². The molecule has 1 rings (SSSR count). The lowest BCUT2D eigenvalue weighted by molar-refractivity contribution is 0.160. The van der Waals surface area contributed by atoms with Crippen molar-refractivity contribution in [2.24, 2.45) is 17.1 Å². The van der Waals surface area contributed by atoms with E-state index in [0.717, 1.165) is 26.3 Å². The van der Waals surface area contributed by atoms with E-state index in [-0.39, 0.29) is 6.04 Å². The van der Waals surface area contributed by atoms with Crippen LogP contribution in [0.4, 0.5) is 0 Å². The molecule has 84 valence electrons. The average Bonchev–Trinajstić information content (AvgIpc) is 2.32. The Morgan fingerprint density at radius 1 is 1.36 bits per heavy atom. The van der Waals surface area contributed by atoms with Gasteiger partial charge in [-0.15, -0.1) is 0 Å². The maximum atomic E-state index is 5.94. The van der Waals surface area contributed by atoms with E-state index in [4.69, 9.17) is 10.5 Å². The Morgan fingerprint density at radius 3 is 2.43 bits per heavy atom. The molecule has 0 spiro atoms. The number of ether oxygens (including phenoxy) is 1. The first kappa shape index (κ1) is 12.0. The van der Waals surface area contributed by atoms with Gasteiger partial charge in [-0.3, -0.25) is 0 Å². The molecule has 3 heteroatoms. The van der Waals surface area contributed by atoms with Gasteiger partial charge in [0.1, 0.15) is 0 Å². The van der Waals surface area contributed by atoms with Crippen LogP contribution in [0.5, 0.6) is 0 Å². The molecule has 0 amide bonds. The summed E-state index contributed by atoms with van der Waals surface area (Å²) in [6.07, 6.45) is 0. The first-order valence-corrected chi connectivity index (χ1v) is 5.40. The highest BCUT2D eigenvalue weighted by Gasteiger charge is 2.26. The summed E-state index contributed by atoms with van der Waals surface area (Å²) < 4.78 is 5.35. The lowest BCUT2D eigenvalue weighted by Crippen LogP contribution is -2.39. The fourth-order valence-electron chi connectivity index (χ4n) is 2.08. The van der Waals surface area contributed by atoms with Crippen molar-refractivity contribution in [3.8, 4) is 0 Å². The van der Waals surface area contributed by atoms with Crippen LogP contribution in [-0.4, -0.2) is 44.3 Å². The Kier molecular flexibility index (Phi) is 3.93. The molecule has 3 nitrogen and oxygen atoms in total. The largest absolute Gasteiger partial charge is 0.379 e. The second-order valence-electron chi connectivity index (χ2n) is 5.72. The zero-order chi connectivity index (χ0) is 10.8. The Labute approximate surface area is 87.6 Å². The summed E-state index contributed by atoms with van der Waals surface area (Å²) >= 11 is 0. The van der Waals surface area contributed by atoms with Crippen LogP contribution in [0, 0.1) is 11.3 Å². The Bertz CT molecular complexity index is 177. The smallest absolute Gasteiger partial charge is 0.0621 e. The second kappa shape index (κ2) is 4.60. The Hall–Kier alpha value is -0.120. The van der Waals surface area contributed by atoms with E-state index in [9.17, 15) is 0 Å². The van der Waals surface area contributed by atoms with Crippen LogP contribution in [0.15, 0.2) is 0 Å². The number of hydrogen-bond donors (Lipinski definition) is 1. The maximum Gasteiger partial charge on any atom is 0.0621 e. The van der Waals surface area contributed by atoms with Crippen molar-refractivity contribution in [1.82, 2.24) is 4.90 Å². The highest BCUT2D eigenvalue weighted by Crippen LogP contribution is 2.17. The van der Waals surface area contributed by atoms with Crippen molar-refractivity contribution < 1.29 is 4.74 Å². The number of rotatable bonds is 3. The van der Waals surface area contributed by atoms with E-state index >= 15 is 0 Å². The lowest BCUT2D eigenvalue weighted by atomic mass is 9.95. The van der Waals surface area contributed by atoms with Gasteiger partial charge in [-0.25, -0.2) is 0 Å². The molecule has 1 aliphatic rings. The van der Waals surface area contributed by atoms with Gasteiger partial charge in [0.2, 0.25) is 0 Å². The minimum atomic E-state index is 0.234. The number of hydrogen-bond acceptors (Lipinski definition) is 3. The molecule has 1 aliphatic heterocycles. The van der Waals surface area contributed by atoms with Gasteiger partial charge in [-0.05, 0) is 12.5 Å². The molecule has 1 saturated heterocycles. The van der Waals surface area contributed by atoms with Gasteiger partial charge in [-0.1, -0.05) is 20.8 Å². The van der Waals surface area contributed by atoms with Gasteiger partial charge in [0, 0.05) is 25.0 Å². The van der Waals surface area contributed by atoms with E-state index in [0.29, 0.717) is 11.3 Å².